The molecule has 0 radical (unpaired) electrons. The Morgan fingerprint density at radius 2 is 1.63 bits per heavy atom. The first-order chi connectivity index (χ1) is 14.8. The van der Waals surface area contributed by atoms with E-state index in [1.807, 2.05) is 4.90 Å². The van der Waals surface area contributed by atoms with Crippen LogP contribution in [0, 0.1) is 0 Å². The van der Waals surface area contributed by atoms with Crippen LogP contribution < -0.4 is 0 Å². The van der Waals surface area contributed by atoms with Gasteiger partial charge < -0.3 is 14.5 Å². The van der Waals surface area contributed by atoms with Crippen molar-refractivity contribution in [2.24, 2.45) is 0 Å². The third-order valence-corrected chi connectivity index (χ3v) is 6.79. The van der Waals surface area contributed by atoms with Crippen LogP contribution in [0.25, 0.3) is 0 Å². The number of likely N-dealkylation sites (tertiary alicyclic amines) is 1. The Hall–Kier alpha value is -1.34. The van der Waals surface area contributed by atoms with Crippen LogP contribution in [-0.2, 0) is 9.53 Å². The first-order valence-electron chi connectivity index (χ1n) is 12.5. The SMILES string of the molecule is [2H]CC(C)(C)OC(=O)N(CC(=O)N1CCN(C2CCN(C)CC2)CC1)C1CCCCC1. The lowest BCUT2D eigenvalue weighted by Crippen LogP contribution is -2.56. The van der Waals surface area contributed by atoms with Crippen LogP contribution >= 0.6 is 0 Å². The van der Waals surface area contributed by atoms with Crippen molar-refractivity contribution in [1.29, 1.82) is 0 Å². The van der Waals surface area contributed by atoms with E-state index >= 15 is 0 Å². The van der Waals surface area contributed by atoms with Gasteiger partial charge in [0.1, 0.15) is 12.1 Å². The zero-order valence-electron chi connectivity index (χ0n) is 20.3. The van der Waals surface area contributed by atoms with Crippen molar-refractivity contribution in [3.05, 3.63) is 0 Å². The summed E-state index contributed by atoms with van der Waals surface area (Å²) in [6.07, 6.45) is 7.17. The molecule has 3 aliphatic rings. The van der Waals surface area contributed by atoms with Gasteiger partial charge in [-0.2, -0.15) is 0 Å². The highest BCUT2D eigenvalue weighted by Gasteiger charge is 2.33. The van der Waals surface area contributed by atoms with Crippen molar-refractivity contribution >= 4 is 12.0 Å². The summed E-state index contributed by atoms with van der Waals surface area (Å²) < 4.78 is 13.2. The number of ether oxygens (including phenoxy) is 1. The number of carbonyl (C=O) groups is 2. The average molecular weight is 424 g/mol. The first kappa shape index (κ1) is 21.9. The molecule has 7 heteroatoms. The van der Waals surface area contributed by atoms with E-state index < -0.39 is 11.7 Å². The van der Waals surface area contributed by atoms with Gasteiger partial charge in [0.15, 0.2) is 0 Å². The highest BCUT2D eigenvalue weighted by Crippen LogP contribution is 2.25. The lowest BCUT2D eigenvalue weighted by Gasteiger charge is -2.43. The smallest absolute Gasteiger partial charge is 0.411 e. The van der Waals surface area contributed by atoms with Gasteiger partial charge in [0, 0.05) is 39.6 Å². The van der Waals surface area contributed by atoms with Gasteiger partial charge in [0.2, 0.25) is 5.91 Å². The molecule has 2 saturated heterocycles. The minimum atomic E-state index is -0.841. The third-order valence-electron chi connectivity index (χ3n) is 6.79. The molecule has 0 unspecified atom stereocenters. The van der Waals surface area contributed by atoms with Crippen LogP contribution in [0.2, 0.25) is 0 Å². The standard InChI is InChI=1S/C23H42N4O3/c1-23(2,3)30-22(29)27(20-8-6-5-7-9-20)18-21(28)26-16-14-25(15-17-26)19-10-12-24(4)13-11-19/h19-20H,5-18H2,1-4H3/i1D. The second-order valence-electron chi connectivity index (χ2n) is 10.00. The largest absolute Gasteiger partial charge is 0.444 e. The maximum atomic E-state index is 13.1. The minimum absolute atomic E-state index is 0.00408. The van der Waals surface area contributed by atoms with Gasteiger partial charge in [0.25, 0.3) is 0 Å². The van der Waals surface area contributed by atoms with Crippen molar-refractivity contribution in [2.45, 2.75) is 83.4 Å². The number of carbonyl (C=O) groups excluding carboxylic acids is 2. The monoisotopic (exact) mass is 423 g/mol. The number of rotatable bonds is 4. The van der Waals surface area contributed by atoms with E-state index in [9.17, 15) is 9.59 Å². The van der Waals surface area contributed by atoms with Crippen LogP contribution in [0.5, 0.6) is 0 Å². The molecule has 2 aliphatic heterocycles. The molecule has 0 bridgehead atoms. The number of hydrogen-bond acceptors (Lipinski definition) is 5. The summed E-state index contributed by atoms with van der Waals surface area (Å²) in [5, 5.41) is 0. The molecule has 172 valence electrons. The Balaban J connectivity index is 1.55. The van der Waals surface area contributed by atoms with E-state index in [0.717, 1.165) is 65.0 Å². The fraction of sp³-hybridized carbons (Fsp3) is 0.913. The van der Waals surface area contributed by atoms with Crippen LogP contribution in [0.4, 0.5) is 4.79 Å². The Morgan fingerprint density at radius 3 is 2.23 bits per heavy atom. The summed E-state index contributed by atoms with van der Waals surface area (Å²) in [6, 6.07) is 0.696. The number of nitrogens with zero attached hydrogens (tertiary/aromatic N) is 4. The molecule has 2 amide bonds. The zero-order chi connectivity index (χ0) is 22.4. The predicted molar refractivity (Wildman–Crippen MR) is 118 cm³/mol. The van der Waals surface area contributed by atoms with Crippen molar-refractivity contribution in [1.82, 2.24) is 19.6 Å². The normalized spacial score (nSPS) is 23.8. The second-order valence-corrected chi connectivity index (χ2v) is 10.00. The van der Waals surface area contributed by atoms with Crippen molar-refractivity contribution in [2.75, 3.05) is 52.9 Å². The molecule has 7 nitrogen and oxygen atoms in total. The van der Waals surface area contributed by atoms with Gasteiger partial charge in [0.05, 0.1) is 0 Å². The maximum absolute atomic E-state index is 13.1. The number of amides is 2. The Kier molecular flexibility index (Phi) is 7.52. The molecule has 1 aliphatic carbocycles. The molecule has 0 aromatic rings. The summed E-state index contributed by atoms with van der Waals surface area (Å²) in [6.45, 7) is 9.19. The minimum Gasteiger partial charge on any atom is -0.444 e. The van der Waals surface area contributed by atoms with E-state index in [1.54, 1.807) is 18.7 Å². The van der Waals surface area contributed by atoms with Crippen LogP contribution in [-0.4, -0.2) is 102 Å². The quantitative estimate of drug-likeness (QED) is 0.696. The van der Waals surface area contributed by atoms with Crippen molar-refractivity contribution in [3.63, 3.8) is 0 Å². The van der Waals surface area contributed by atoms with Crippen molar-refractivity contribution < 1.29 is 15.7 Å². The zero-order valence-corrected chi connectivity index (χ0v) is 19.3. The summed E-state index contributed by atoms with van der Waals surface area (Å²) >= 11 is 0. The fourth-order valence-electron chi connectivity index (χ4n) is 4.97. The highest BCUT2D eigenvalue weighted by atomic mass is 16.6. The van der Waals surface area contributed by atoms with E-state index in [-0.39, 0.29) is 25.4 Å². The molecule has 3 fully saturated rings. The predicted octanol–water partition coefficient (Wildman–Crippen LogP) is 2.79. The molecule has 0 spiro atoms. The molecule has 3 rings (SSSR count). The molecule has 0 atom stereocenters. The molecule has 0 N–H and O–H groups in total. The van der Waals surface area contributed by atoms with Crippen molar-refractivity contribution in [3.8, 4) is 0 Å². The fourth-order valence-corrected chi connectivity index (χ4v) is 4.97. The van der Waals surface area contributed by atoms with Crippen LogP contribution in [0.3, 0.4) is 0 Å². The Bertz CT molecular complexity index is 596. The van der Waals surface area contributed by atoms with E-state index in [1.165, 1.54) is 19.3 Å². The van der Waals surface area contributed by atoms with Gasteiger partial charge in [-0.05, 0) is 66.6 Å². The second kappa shape index (κ2) is 10.3. The lowest BCUT2D eigenvalue weighted by atomic mass is 9.94. The Labute approximate surface area is 184 Å². The number of hydrogen-bond donors (Lipinski definition) is 0. The van der Waals surface area contributed by atoms with Gasteiger partial charge >= 0.3 is 6.09 Å². The third kappa shape index (κ3) is 6.58. The molecule has 30 heavy (non-hydrogen) atoms. The molecule has 1 saturated carbocycles. The average Bonchev–Trinajstić information content (AvgIpc) is 2.78. The highest BCUT2D eigenvalue weighted by molar-refractivity contribution is 5.82. The van der Waals surface area contributed by atoms with E-state index in [2.05, 4.69) is 16.8 Å². The molecular weight excluding hydrogens is 380 g/mol. The van der Waals surface area contributed by atoms with Gasteiger partial charge in [-0.25, -0.2) is 4.79 Å². The number of piperidine rings is 1. The summed E-state index contributed by atoms with van der Waals surface area (Å²) in [5.41, 5.74) is -0.841. The first-order valence-corrected chi connectivity index (χ1v) is 11.8. The van der Waals surface area contributed by atoms with Gasteiger partial charge in [-0.15, -0.1) is 0 Å². The number of piperazine rings is 1. The summed E-state index contributed by atoms with van der Waals surface area (Å²) in [5.74, 6) is 0.0224. The lowest BCUT2D eigenvalue weighted by molar-refractivity contribution is -0.135. The van der Waals surface area contributed by atoms with Gasteiger partial charge in [-0.3, -0.25) is 14.6 Å². The summed E-state index contributed by atoms with van der Waals surface area (Å²) in [7, 11) is 2.18. The van der Waals surface area contributed by atoms with E-state index in [0.29, 0.717) is 6.04 Å². The summed E-state index contributed by atoms with van der Waals surface area (Å²) in [4.78, 5) is 34.6. The molecular formula is C23H42N4O3. The van der Waals surface area contributed by atoms with Crippen LogP contribution in [0.15, 0.2) is 0 Å². The maximum Gasteiger partial charge on any atom is 0.411 e. The topological polar surface area (TPSA) is 56.3 Å². The Morgan fingerprint density at radius 1 is 1.00 bits per heavy atom. The molecule has 0 aromatic carbocycles. The molecule has 0 aromatic heterocycles. The molecule has 2 heterocycles. The van der Waals surface area contributed by atoms with Gasteiger partial charge in [-0.1, -0.05) is 19.3 Å². The van der Waals surface area contributed by atoms with Crippen LogP contribution in [0.1, 0.15) is 67.1 Å². The van der Waals surface area contributed by atoms with E-state index in [4.69, 9.17) is 6.11 Å².